The molecular weight excluding hydrogens is 441 g/mol. The van der Waals surface area contributed by atoms with Crippen molar-refractivity contribution < 1.29 is 28.7 Å². The first kappa shape index (κ1) is 27.2. The van der Waals surface area contributed by atoms with Crippen molar-refractivity contribution in [3.8, 4) is 0 Å². The lowest BCUT2D eigenvalue weighted by atomic mass is 9.84. The van der Waals surface area contributed by atoms with Crippen LogP contribution < -0.4 is 16.1 Å². The first-order valence-electron chi connectivity index (χ1n) is 11.3. The van der Waals surface area contributed by atoms with Gasteiger partial charge in [0.05, 0.1) is 5.92 Å². The molecule has 9 heteroatoms. The Kier molecular flexibility index (Phi) is 9.52. The number of halogens is 1. The molecule has 0 spiro atoms. The Morgan fingerprint density at radius 2 is 1.65 bits per heavy atom. The lowest BCUT2D eigenvalue weighted by Gasteiger charge is -2.33. The Labute approximate surface area is 199 Å². The number of carbonyl (C=O) groups is 3. The van der Waals surface area contributed by atoms with Gasteiger partial charge in [0.2, 0.25) is 11.8 Å². The van der Waals surface area contributed by atoms with Gasteiger partial charge in [-0.15, -0.1) is 0 Å². The molecule has 0 fully saturated rings. The van der Waals surface area contributed by atoms with Crippen molar-refractivity contribution in [2.24, 2.45) is 11.3 Å². The van der Waals surface area contributed by atoms with Gasteiger partial charge in [0.15, 0.2) is 0 Å². The summed E-state index contributed by atoms with van der Waals surface area (Å²) >= 11 is 0. The van der Waals surface area contributed by atoms with Crippen LogP contribution in [0.1, 0.15) is 40.2 Å². The Hall–Kier alpha value is -3.04. The van der Waals surface area contributed by atoms with E-state index >= 15 is 0 Å². The van der Waals surface area contributed by atoms with Gasteiger partial charge < -0.3 is 15.4 Å². The minimum Gasteiger partial charge on any atom is -0.368 e. The fraction of sp³-hybridized carbons (Fsp3) is 0.480. The molecule has 4 N–H and O–H groups in total. The second kappa shape index (κ2) is 11.9. The van der Waals surface area contributed by atoms with Crippen LogP contribution in [0.2, 0.25) is 0 Å². The highest BCUT2D eigenvalue weighted by Crippen LogP contribution is 2.24. The third kappa shape index (κ3) is 6.98. The number of hydrogen-bond donors (Lipinski definition) is 4. The summed E-state index contributed by atoms with van der Waals surface area (Å²) in [7, 11) is 0. The fourth-order valence-corrected chi connectivity index (χ4v) is 3.80. The quantitative estimate of drug-likeness (QED) is 0.311. The van der Waals surface area contributed by atoms with Crippen LogP contribution in [0.5, 0.6) is 0 Å². The zero-order valence-electron chi connectivity index (χ0n) is 20.3. The Bertz CT molecular complexity index is 1020. The summed E-state index contributed by atoms with van der Waals surface area (Å²) in [5.74, 6) is -3.17. The van der Waals surface area contributed by atoms with E-state index in [1.165, 1.54) is 12.1 Å². The molecule has 186 valence electrons. The number of rotatable bonds is 10. The normalized spacial score (nSPS) is 14.2. The van der Waals surface area contributed by atoms with E-state index in [1.807, 2.05) is 20.8 Å². The van der Waals surface area contributed by atoms with E-state index in [0.717, 1.165) is 5.39 Å². The smallest absolute Gasteiger partial charge is 0.273 e. The number of hydroxylamine groups is 1. The molecule has 3 amide bonds. The number of ether oxygens (including phenoxy) is 1. The van der Waals surface area contributed by atoms with Gasteiger partial charge in [0.1, 0.15) is 18.0 Å². The van der Waals surface area contributed by atoms with Crippen LogP contribution in [0.25, 0.3) is 10.8 Å². The third-order valence-electron chi connectivity index (χ3n) is 5.51. The molecule has 0 radical (unpaired) electrons. The van der Waals surface area contributed by atoms with Gasteiger partial charge >= 0.3 is 0 Å². The van der Waals surface area contributed by atoms with Crippen molar-refractivity contribution in [1.82, 2.24) is 16.1 Å². The molecule has 0 saturated carbocycles. The standard InChI is InChI=1S/C25H34FN3O5/c1-6-27-24(32)21(25(3,4)5)28-22(30)19(20(34-7-2)23(31)29-33)13-15-8-9-17-14-18(26)11-10-16(17)12-15/h8-12,14,19-21,33H,6-7,13H2,1-5H3,(H,27,32)(H,28,30)(H,29,31)/t19-,20+,21-/m1/s1. The van der Waals surface area contributed by atoms with Gasteiger partial charge in [-0.3, -0.25) is 19.6 Å². The molecule has 34 heavy (non-hydrogen) atoms. The van der Waals surface area contributed by atoms with E-state index in [-0.39, 0.29) is 24.8 Å². The van der Waals surface area contributed by atoms with Crippen LogP contribution >= 0.6 is 0 Å². The molecule has 0 saturated heterocycles. The van der Waals surface area contributed by atoms with E-state index in [0.29, 0.717) is 17.5 Å². The number of amides is 3. The lowest BCUT2D eigenvalue weighted by Crippen LogP contribution is -2.57. The van der Waals surface area contributed by atoms with E-state index in [4.69, 9.17) is 4.74 Å². The average molecular weight is 476 g/mol. The van der Waals surface area contributed by atoms with Crippen LogP contribution in [0, 0.1) is 17.2 Å². The number of carbonyl (C=O) groups excluding carboxylic acids is 3. The van der Waals surface area contributed by atoms with Gasteiger partial charge in [-0.1, -0.05) is 45.0 Å². The maximum Gasteiger partial charge on any atom is 0.273 e. The fourth-order valence-electron chi connectivity index (χ4n) is 3.80. The Morgan fingerprint density at radius 1 is 1.00 bits per heavy atom. The minimum atomic E-state index is -1.30. The summed E-state index contributed by atoms with van der Waals surface area (Å²) in [6.07, 6.45) is -1.21. The van der Waals surface area contributed by atoms with Crippen molar-refractivity contribution in [2.75, 3.05) is 13.2 Å². The molecule has 8 nitrogen and oxygen atoms in total. The summed E-state index contributed by atoms with van der Waals surface area (Å²) in [5.41, 5.74) is 1.67. The van der Waals surface area contributed by atoms with Gasteiger partial charge in [-0.25, -0.2) is 9.87 Å². The predicted molar refractivity (Wildman–Crippen MR) is 127 cm³/mol. The van der Waals surface area contributed by atoms with Crippen LogP contribution in [0.4, 0.5) is 4.39 Å². The first-order chi connectivity index (χ1) is 16.0. The Balaban J connectivity index is 2.43. The van der Waals surface area contributed by atoms with Crippen molar-refractivity contribution in [3.63, 3.8) is 0 Å². The number of likely N-dealkylation sites (N-methyl/N-ethyl adjacent to an activating group) is 1. The lowest BCUT2D eigenvalue weighted by molar-refractivity contribution is -0.151. The topological polar surface area (TPSA) is 117 Å². The van der Waals surface area contributed by atoms with Crippen molar-refractivity contribution in [3.05, 3.63) is 47.8 Å². The summed E-state index contributed by atoms with van der Waals surface area (Å²) < 4.78 is 19.1. The molecule has 0 aliphatic rings. The zero-order valence-corrected chi connectivity index (χ0v) is 20.3. The predicted octanol–water partition coefficient (Wildman–Crippen LogP) is 2.72. The van der Waals surface area contributed by atoms with E-state index in [9.17, 15) is 24.0 Å². The van der Waals surface area contributed by atoms with Crippen molar-refractivity contribution >= 4 is 28.5 Å². The van der Waals surface area contributed by atoms with Gasteiger partial charge in [0, 0.05) is 13.2 Å². The molecular formula is C25H34FN3O5. The van der Waals surface area contributed by atoms with E-state index in [1.54, 1.807) is 43.6 Å². The zero-order chi connectivity index (χ0) is 25.5. The first-order valence-corrected chi connectivity index (χ1v) is 11.3. The SMILES string of the molecule is CCNC(=O)[C@@H](NC(=O)[C@H](Cc1ccc2cc(F)ccc2c1)[C@H](OCC)C(=O)NO)C(C)(C)C. The largest absolute Gasteiger partial charge is 0.368 e. The maximum atomic E-state index is 13.5. The molecule has 0 unspecified atom stereocenters. The van der Waals surface area contributed by atoms with Crippen LogP contribution in [-0.4, -0.2) is 48.2 Å². The highest BCUT2D eigenvalue weighted by atomic mass is 19.1. The highest BCUT2D eigenvalue weighted by Gasteiger charge is 2.39. The van der Waals surface area contributed by atoms with Crippen LogP contribution in [0.3, 0.4) is 0 Å². The van der Waals surface area contributed by atoms with Crippen molar-refractivity contribution in [2.45, 2.75) is 53.2 Å². The third-order valence-corrected chi connectivity index (χ3v) is 5.51. The molecule has 0 bridgehead atoms. The van der Waals surface area contributed by atoms with Crippen molar-refractivity contribution in [1.29, 1.82) is 0 Å². The highest BCUT2D eigenvalue weighted by molar-refractivity contribution is 5.93. The molecule has 2 aromatic carbocycles. The minimum absolute atomic E-state index is 0.0868. The molecule has 0 aliphatic heterocycles. The van der Waals surface area contributed by atoms with E-state index < -0.39 is 35.3 Å². The number of nitrogens with one attached hydrogen (secondary N) is 3. The summed E-state index contributed by atoms with van der Waals surface area (Å²) in [5, 5.41) is 16.2. The van der Waals surface area contributed by atoms with E-state index in [2.05, 4.69) is 10.6 Å². The molecule has 3 atom stereocenters. The van der Waals surface area contributed by atoms with Crippen LogP contribution in [0.15, 0.2) is 36.4 Å². The van der Waals surface area contributed by atoms with Gasteiger partial charge in [0.25, 0.3) is 5.91 Å². The second-order valence-electron chi connectivity index (χ2n) is 9.19. The number of hydrogen-bond acceptors (Lipinski definition) is 5. The van der Waals surface area contributed by atoms with Gasteiger partial charge in [-0.2, -0.15) is 0 Å². The summed E-state index contributed by atoms with van der Waals surface area (Å²) in [6, 6.07) is 8.81. The van der Waals surface area contributed by atoms with Gasteiger partial charge in [-0.05, 0) is 54.2 Å². The molecule has 2 aromatic rings. The summed E-state index contributed by atoms with van der Waals surface area (Å²) in [4.78, 5) is 38.6. The summed E-state index contributed by atoms with van der Waals surface area (Å²) in [6.45, 7) is 9.45. The number of fused-ring (bicyclic) bond motifs is 1. The monoisotopic (exact) mass is 475 g/mol. The number of benzene rings is 2. The average Bonchev–Trinajstić information content (AvgIpc) is 2.78. The molecule has 0 heterocycles. The molecule has 0 aliphatic carbocycles. The maximum absolute atomic E-state index is 13.5. The molecule has 2 rings (SSSR count). The van der Waals surface area contributed by atoms with Crippen LogP contribution in [-0.2, 0) is 25.5 Å². The Morgan fingerprint density at radius 3 is 2.24 bits per heavy atom. The second-order valence-corrected chi connectivity index (χ2v) is 9.19. The molecule has 0 aromatic heterocycles.